The molecule has 3 fully saturated rings. The minimum atomic E-state index is -0.336. The molecule has 2 saturated carbocycles. The third kappa shape index (κ3) is 4.22. The minimum absolute atomic E-state index is 0.124. The largest absolute Gasteiger partial charge is 0.493 e. The summed E-state index contributed by atoms with van der Waals surface area (Å²) < 4.78 is 18.6. The van der Waals surface area contributed by atoms with Crippen LogP contribution >= 0.6 is 0 Å². The molecule has 1 amide bonds. The van der Waals surface area contributed by atoms with Gasteiger partial charge in [-0.3, -0.25) is 14.5 Å². The van der Waals surface area contributed by atoms with Gasteiger partial charge in [0.15, 0.2) is 11.5 Å². The van der Waals surface area contributed by atoms with E-state index >= 15 is 0 Å². The van der Waals surface area contributed by atoms with Gasteiger partial charge >= 0.3 is 5.97 Å². The Labute approximate surface area is 242 Å². The van der Waals surface area contributed by atoms with Crippen molar-refractivity contribution in [2.75, 3.05) is 27.2 Å². The molecule has 1 spiro atoms. The number of likely N-dealkylation sites (N-methyl/N-ethyl adjacent to an activating group) is 1. The second-order valence-corrected chi connectivity index (χ2v) is 12.7. The van der Waals surface area contributed by atoms with Crippen LogP contribution in [-0.2, 0) is 21.4 Å². The van der Waals surface area contributed by atoms with Crippen LogP contribution in [0.15, 0.2) is 30.3 Å². The number of esters is 1. The molecular weight excluding hydrogens is 516 g/mol. The summed E-state index contributed by atoms with van der Waals surface area (Å²) in [6.45, 7) is 5.62. The van der Waals surface area contributed by atoms with Crippen LogP contribution in [0.2, 0.25) is 0 Å². The number of piperidine rings is 1. The van der Waals surface area contributed by atoms with Crippen molar-refractivity contribution in [2.45, 2.75) is 76.0 Å². The number of carbonyl (C=O) groups is 2. The van der Waals surface area contributed by atoms with Gasteiger partial charge < -0.3 is 19.1 Å². The lowest BCUT2D eigenvalue weighted by Gasteiger charge is -2.60. The quantitative estimate of drug-likeness (QED) is 0.313. The summed E-state index contributed by atoms with van der Waals surface area (Å²) in [5.41, 5.74) is 3.92. The van der Waals surface area contributed by atoms with E-state index in [1.807, 2.05) is 49.2 Å². The van der Waals surface area contributed by atoms with E-state index in [2.05, 4.69) is 16.7 Å². The number of carbonyl (C=O) groups excluding carboxylic acids is 2. The second-order valence-electron chi connectivity index (χ2n) is 12.7. The summed E-state index contributed by atoms with van der Waals surface area (Å²) >= 11 is 0. The molecule has 7 nitrogen and oxygen atoms in total. The first-order valence-electron chi connectivity index (χ1n) is 15.0. The molecule has 0 unspecified atom stereocenters. The van der Waals surface area contributed by atoms with Crippen LogP contribution in [0, 0.1) is 30.6 Å². The van der Waals surface area contributed by atoms with Crippen molar-refractivity contribution in [1.29, 1.82) is 0 Å². The summed E-state index contributed by atoms with van der Waals surface area (Å²) in [4.78, 5) is 30.2. The molecule has 2 aromatic rings. The number of benzene rings is 2. The third-order valence-electron chi connectivity index (χ3n) is 10.3. The standard InChI is InChI=1S/C34H38N2O5/c1-20-6-5-7-22(16-20)10-13-30(38)35(3)26-12-11-25-27-17-24-28(40-21(2)37)18-29(39-4)32-31(24)34(25,33(26)41-32)14-15-36(27)19-23-8-9-23/h5-7,16,18,23,25-27,33H,8-9,11-12,14-15,17,19H2,1-4H3/t25-,26+,27+,33-,34-/m0/s1. The van der Waals surface area contributed by atoms with E-state index in [0.717, 1.165) is 72.7 Å². The molecule has 5 atom stereocenters. The maximum Gasteiger partial charge on any atom is 0.308 e. The molecule has 1 saturated heterocycles. The van der Waals surface area contributed by atoms with Crippen LogP contribution in [0.5, 0.6) is 17.2 Å². The monoisotopic (exact) mass is 554 g/mol. The predicted octanol–water partition coefficient (Wildman–Crippen LogP) is 4.26. The van der Waals surface area contributed by atoms with Gasteiger partial charge in [-0.15, -0.1) is 0 Å². The number of methoxy groups -OCH3 is 1. The van der Waals surface area contributed by atoms with Crippen molar-refractivity contribution in [3.8, 4) is 29.1 Å². The number of ether oxygens (including phenoxy) is 3. The molecule has 2 aromatic carbocycles. The first-order chi connectivity index (χ1) is 19.8. The Hall–Kier alpha value is -3.50. The van der Waals surface area contributed by atoms with Crippen LogP contribution < -0.4 is 14.2 Å². The van der Waals surface area contributed by atoms with Gasteiger partial charge in [0, 0.05) is 60.7 Å². The van der Waals surface area contributed by atoms with Crippen LogP contribution in [0.25, 0.3) is 0 Å². The predicted molar refractivity (Wildman–Crippen MR) is 154 cm³/mol. The maximum absolute atomic E-state index is 13.5. The highest BCUT2D eigenvalue weighted by Gasteiger charge is 2.67. The number of amides is 1. The molecule has 5 aliphatic rings. The zero-order valence-corrected chi connectivity index (χ0v) is 24.4. The molecule has 2 heterocycles. The highest BCUT2D eigenvalue weighted by Crippen LogP contribution is 2.66. The number of rotatable bonds is 5. The first-order valence-corrected chi connectivity index (χ1v) is 15.0. The molecule has 2 aliphatic heterocycles. The molecule has 0 N–H and O–H groups in total. The highest BCUT2D eigenvalue weighted by atomic mass is 16.5. The summed E-state index contributed by atoms with van der Waals surface area (Å²) in [5, 5.41) is 0. The average Bonchev–Trinajstić information content (AvgIpc) is 3.71. The number of hydrogen-bond donors (Lipinski definition) is 0. The lowest BCUT2D eigenvalue weighted by atomic mass is 9.50. The van der Waals surface area contributed by atoms with E-state index in [4.69, 9.17) is 14.2 Å². The van der Waals surface area contributed by atoms with E-state index in [-0.39, 0.29) is 29.4 Å². The zero-order chi connectivity index (χ0) is 28.5. The lowest BCUT2D eigenvalue weighted by molar-refractivity contribution is -0.135. The fourth-order valence-corrected chi connectivity index (χ4v) is 8.38. The van der Waals surface area contributed by atoms with Crippen molar-refractivity contribution in [2.24, 2.45) is 11.8 Å². The van der Waals surface area contributed by atoms with Gasteiger partial charge in [-0.05, 0) is 81.5 Å². The van der Waals surface area contributed by atoms with Gasteiger partial charge in [0.1, 0.15) is 11.9 Å². The summed E-state index contributed by atoms with van der Waals surface area (Å²) in [7, 11) is 3.50. The summed E-state index contributed by atoms with van der Waals surface area (Å²) in [6.07, 6.45) is 6.09. The van der Waals surface area contributed by atoms with Gasteiger partial charge in [0.2, 0.25) is 0 Å². The van der Waals surface area contributed by atoms with Gasteiger partial charge in [-0.25, -0.2) is 0 Å². The van der Waals surface area contributed by atoms with Gasteiger partial charge in [0.25, 0.3) is 5.91 Å². The van der Waals surface area contributed by atoms with Crippen LogP contribution in [-0.4, -0.2) is 67.1 Å². The molecule has 3 aliphatic carbocycles. The number of nitrogens with zero attached hydrogens (tertiary/aromatic N) is 2. The number of aryl methyl sites for hydroxylation is 1. The van der Waals surface area contributed by atoms with Crippen molar-refractivity contribution in [1.82, 2.24) is 9.80 Å². The Kier molecular flexibility index (Phi) is 6.31. The zero-order valence-electron chi connectivity index (χ0n) is 24.4. The fourth-order valence-electron chi connectivity index (χ4n) is 8.38. The van der Waals surface area contributed by atoms with Crippen LogP contribution in [0.3, 0.4) is 0 Å². The van der Waals surface area contributed by atoms with Crippen LogP contribution in [0.4, 0.5) is 0 Å². The Morgan fingerprint density at radius 3 is 2.73 bits per heavy atom. The molecule has 41 heavy (non-hydrogen) atoms. The van der Waals surface area contributed by atoms with Crippen LogP contribution in [0.1, 0.15) is 61.3 Å². The molecule has 7 heteroatoms. The second kappa shape index (κ2) is 9.80. The molecule has 7 rings (SSSR count). The molecule has 0 aromatic heterocycles. The normalized spacial score (nSPS) is 29.0. The topological polar surface area (TPSA) is 68.3 Å². The average molecular weight is 555 g/mol. The van der Waals surface area contributed by atoms with Gasteiger partial charge in [-0.2, -0.15) is 0 Å². The van der Waals surface area contributed by atoms with E-state index in [0.29, 0.717) is 23.5 Å². The van der Waals surface area contributed by atoms with Crippen molar-refractivity contribution in [3.63, 3.8) is 0 Å². The minimum Gasteiger partial charge on any atom is -0.493 e. The Balaban J connectivity index is 1.29. The Bertz CT molecular complexity index is 1490. The number of hydrogen-bond acceptors (Lipinski definition) is 6. The third-order valence-corrected chi connectivity index (χ3v) is 10.3. The first kappa shape index (κ1) is 26.4. The smallest absolute Gasteiger partial charge is 0.308 e. The lowest BCUT2D eigenvalue weighted by Crippen LogP contribution is -2.69. The highest BCUT2D eigenvalue weighted by molar-refractivity contribution is 5.94. The van der Waals surface area contributed by atoms with Crippen molar-refractivity contribution >= 4 is 11.9 Å². The SMILES string of the molecule is COc1cc(OC(C)=O)c2c3c1O[C@H]1[C@H](N(C)C(=O)C#Cc4cccc(C)c4)CC[C@H]4[C@@H](C2)N(CC2CC2)CC[C@@]341. The molecule has 2 bridgehead atoms. The number of likely N-dealkylation sites (tertiary alicyclic amines) is 1. The van der Waals surface area contributed by atoms with Gasteiger partial charge in [-0.1, -0.05) is 18.1 Å². The molecule has 214 valence electrons. The van der Waals surface area contributed by atoms with Crippen molar-refractivity contribution < 1.29 is 23.8 Å². The van der Waals surface area contributed by atoms with E-state index in [1.165, 1.54) is 19.8 Å². The molecular formula is C34H38N2O5. The Morgan fingerprint density at radius 2 is 2.00 bits per heavy atom. The molecule has 0 radical (unpaired) electrons. The van der Waals surface area contributed by atoms with E-state index < -0.39 is 0 Å². The summed E-state index contributed by atoms with van der Waals surface area (Å²) in [6, 6.07) is 9.97. The fraction of sp³-hybridized carbons (Fsp3) is 0.529. The van der Waals surface area contributed by atoms with E-state index in [9.17, 15) is 9.59 Å². The maximum atomic E-state index is 13.5. The summed E-state index contributed by atoms with van der Waals surface area (Å²) in [5.74, 6) is 8.58. The van der Waals surface area contributed by atoms with Crippen molar-refractivity contribution in [3.05, 3.63) is 52.6 Å². The van der Waals surface area contributed by atoms with Gasteiger partial charge in [0.05, 0.1) is 13.2 Å². The Morgan fingerprint density at radius 1 is 1.17 bits per heavy atom. The van der Waals surface area contributed by atoms with E-state index in [1.54, 1.807) is 7.11 Å².